The Morgan fingerprint density at radius 2 is 2.10 bits per heavy atom. The molecule has 3 fully saturated rings. The van der Waals surface area contributed by atoms with E-state index in [2.05, 4.69) is 15.2 Å². The van der Waals surface area contributed by atoms with Crippen LogP contribution in [-0.4, -0.2) is 35.1 Å². The zero-order chi connectivity index (χ0) is 13.5. The monoisotopic (exact) mass is 274 g/mol. The lowest BCUT2D eigenvalue weighted by molar-refractivity contribution is 0.574. The van der Waals surface area contributed by atoms with Gasteiger partial charge in [-0.05, 0) is 45.1 Å². The van der Waals surface area contributed by atoms with E-state index < -0.39 is 0 Å². The summed E-state index contributed by atoms with van der Waals surface area (Å²) in [6, 6.07) is 2.83. The summed E-state index contributed by atoms with van der Waals surface area (Å²) in [7, 11) is 0. The van der Waals surface area contributed by atoms with Gasteiger partial charge in [-0.2, -0.15) is 0 Å². The van der Waals surface area contributed by atoms with E-state index in [4.69, 9.17) is 4.98 Å². The second kappa shape index (κ2) is 4.88. The molecule has 2 heterocycles. The number of hydrogen-bond donors (Lipinski definition) is 2. The summed E-state index contributed by atoms with van der Waals surface area (Å²) < 4.78 is 0. The molecule has 1 aromatic heterocycles. The van der Waals surface area contributed by atoms with Crippen LogP contribution in [0.25, 0.3) is 0 Å². The highest BCUT2D eigenvalue weighted by molar-refractivity contribution is 5.41. The molecule has 4 rings (SSSR count). The Labute approximate surface area is 118 Å². The first kappa shape index (κ1) is 12.4. The van der Waals surface area contributed by atoms with Gasteiger partial charge in [0, 0.05) is 30.6 Å². The molecule has 20 heavy (non-hydrogen) atoms. The number of nitrogens with one attached hydrogen (secondary N) is 2. The Hall–Kier alpha value is -1.36. The van der Waals surface area contributed by atoms with Crippen molar-refractivity contribution in [1.82, 2.24) is 15.3 Å². The highest BCUT2D eigenvalue weighted by atomic mass is 16.1. The van der Waals surface area contributed by atoms with E-state index in [9.17, 15) is 4.79 Å². The highest BCUT2D eigenvalue weighted by Crippen LogP contribution is 2.38. The number of nitrogens with zero attached hydrogens (tertiary/aromatic N) is 2. The largest absolute Gasteiger partial charge is 0.352 e. The van der Waals surface area contributed by atoms with Crippen LogP contribution < -0.4 is 15.8 Å². The topological polar surface area (TPSA) is 61.0 Å². The van der Waals surface area contributed by atoms with Crippen molar-refractivity contribution in [2.24, 2.45) is 0 Å². The van der Waals surface area contributed by atoms with Crippen LogP contribution in [-0.2, 0) is 0 Å². The molecule has 1 aliphatic heterocycles. The van der Waals surface area contributed by atoms with Gasteiger partial charge in [-0.1, -0.05) is 0 Å². The molecule has 1 unspecified atom stereocenters. The minimum atomic E-state index is 0.00179. The molecule has 1 atom stereocenters. The van der Waals surface area contributed by atoms with Gasteiger partial charge in [0.2, 0.25) is 0 Å². The quantitative estimate of drug-likeness (QED) is 0.851. The average Bonchev–Trinajstić information content (AvgIpc) is 3.35. The van der Waals surface area contributed by atoms with Gasteiger partial charge in [0.25, 0.3) is 5.56 Å². The molecule has 0 spiro atoms. The van der Waals surface area contributed by atoms with Crippen LogP contribution in [0.2, 0.25) is 0 Å². The van der Waals surface area contributed by atoms with Crippen LogP contribution >= 0.6 is 0 Å². The molecule has 0 amide bonds. The van der Waals surface area contributed by atoms with Gasteiger partial charge in [0.1, 0.15) is 11.6 Å². The predicted octanol–water partition coefficient (Wildman–Crippen LogP) is 1.37. The van der Waals surface area contributed by atoms with Gasteiger partial charge < -0.3 is 15.2 Å². The Morgan fingerprint density at radius 3 is 2.75 bits per heavy atom. The third-order valence-electron chi connectivity index (χ3n) is 4.57. The summed E-state index contributed by atoms with van der Waals surface area (Å²) >= 11 is 0. The van der Waals surface area contributed by atoms with Crippen molar-refractivity contribution < 1.29 is 0 Å². The summed E-state index contributed by atoms with van der Waals surface area (Å²) in [5.74, 6) is 2.29. The summed E-state index contributed by atoms with van der Waals surface area (Å²) in [6.07, 6.45) is 7.31. The zero-order valence-corrected chi connectivity index (χ0v) is 11.8. The first-order valence-corrected chi connectivity index (χ1v) is 7.91. The molecule has 0 aromatic carbocycles. The maximum atomic E-state index is 11.9. The lowest BCUT2D eigenvalue weighted by atomic mass is 10.2. The van der Waals surface area contributed by atoms with Crippen molar-refractivity contribution in [2.45, 2.75) is 56.5 Å². The third-order valence-corrected chi connectivity index (χ3v) is 4.57. The average molecular weight is 274 g/mol. The minimum absolute atomic E-state index is 0.00179. The molecule has 108 valence electrons. The van der Waals surface area contributed by atoms with Gasteiger partial charge >= 0.3 is 0 Å². The fraction of sp³-hybridized carbons (Fsp3) is 0.733. The van der Waals surface area contributed by atoms with Crippen LogP contribution in [0.15, 0.2) is 10.9 Å². The molecule has 2 aliphatic carbocycles. The van der Waals surface area contributed by atoms with E-state index in [1.807, 2.05) is 0 Å². The first-order valence-electron chi connectivity index (χ1n) is 7.91. The lowest BCUT2D eigenvalue weighted by Crippen LogP contribution is -2.40. The second-order valence-electron chi connectivity index (χ2n) is 6.44. The standard InChI is InChI=1S/C15H22N4O/c20-14-8-13(17-15(18-14)10-3-4-10)19(12-5-6-12)9-11-2-1-7-16-11/h8,10-12,16H,1-7,9H2,(H,17,18,20). The molecule has 5 nitrogen and oxygen atoms in total. The smallest absolute Gasteiger partial charge is 0.252 e. The van der Waals surface area contributed by atoms with Gasteiger partial charge in [-0.3, -0.25) is 4.79 Å². The van der Waals surface area contributed by atoms with Crippen LogP contribution in [0.3, 0.4) is 0 Å². The summed E-state index contributed by atoms with van der Waals surface area (Å²) in [4.78, 5) is 21.9. The van der Waals surface area contributed by atoms with E-state index in [0.717, 1.165) is 24.7 Å². The van der Waals surface area contributed by atoms with Crippen molar-refractivity contribution >= 4 is 5.82 Å². The van der Waals surface area contributed by atoms with Gasteiger partial charge in [-0.25, -0.2) is 4.98 Å². The molecule has 0 bridgehead atoms. The highest BCUT2D eigenvalue weighted by Gasteiger charge is 2.34. The number of hydrogen-bond acceptors (Lipinski definition) is 4. The van der Waals surface area contributed by atoms with Crippen molar-refractivity contribution in [3.63, 3.8) is 0 Å². The fourth-order valence-electron chi connectivity index (χ4n) is 3.13. The molecule has 2 N–H and O–H groups in total. The maximum absolute atomic E-state index is 11.9. The van der Waals surface area contributed by atoms with Crippen LogP contribution in [0, 0.1) is 0 Å². The van der Waals surface area contributed by atoms with Crippen molar-refractivity contribution in [3.8, 4) is 0 Å². The number of aromatic nitrogens is 2. The van der Waals surface area contributed by atoms with E-state index in [0.29, 0.717) is 18.0 Å². The van der Waals surface area contributed by atoms with Gasteiger partial charge in [-0.15, -0.1) is 0 Å². The number of aromatic amines is 1. The summed E-state index contributed by atoms with van der Waals surface area (Å²) in [6.45, 7) is 2.12. The normalized spacial score (nSPS) is 25.9. The third kappa shape index (κ3) is 2.59. The molecular weight excluding hydrogens is 252 g/mol. The van der Waals surface area contributed by atoms with Gasteiger partial charge in [0.15, 0.2) is 0 Å². The summed E-state index contributed by atoms with van der Waals surface area (Å²) in [5.41, 5.74) is 0.00179. The van der Waals surface area contributed by atoms with Crippen molar-refractivity contribution in [3.05, 3.63) is 22.2 Å². The van der Waals surface area contributed by atoms with Crippen LogP contribution in [0.4, 0.5) is 5.82 Å². The van der Waals surface area contributed by atoms with E-state index >= 15 is 0 Å². The maximum Gasteiger partial charge on any atom is 0.252 e. The molecule has 5 heteroatoms. The molecule has 3 aliphatic rings. The number of anilines is 1. The molecule has 1 aromatic rings. The molecule has 0 radical (unpaired) electrons. The number of rotatable bonds is 5. The van der Waals surface area contributed by atoms with Crippen molar-refractivity contribution in [2.75, 3.05) is 18.0 Å². The Balaban J connectivity index is 1.59. The molecule has 1 saturated heterocycles. The SMILES string of the molecule is O=c1cc(N(CC2CCCN2)C2CC2)nc(C2CC2)[nH]1. The zero-order valence-electron chi connectivity index (χ0n) is 11.8. The molecular formula is C15H22N4O. The first-order chi connectivity index (χ1) is 9.79. The molecule has 2 saturated carbocycles. The minimum Gasteiger partial charge on any atom is -0.352 e. The van der Waals surface area contributed by atoms with E-state index in [1.165, 1.54) is 38.5 Å². The fourth-order valence-corrected chi connectivity index (χ4v) is 3.13. The van der Waals surface area contributed by atoms with E-state index in [1.54, 1.807) is 6.07 Å². The Bertz CT molecular complexity index is 541. The second-order valence-corrected chi connectivity index (χ2v) is 6.44. The van der Waals surface area contributed by atoms with Gasteiger partial charge in [0.05, 0.1) is 0 Å². The predicted molar refractivity (Wildman–Crippen MR) is 78.2 cm³/mol. The van der Waals surface area contributed by atoms with Crippen LogP contribution in [0.5, 0.6) is 0 Å². The van der Waals surface area contributed by atoms with Crippen LogP contribution in [0.1, 0.15) is 50.3 Å². The number of H-pyrrole nitrogens is 1. The Kier molecular flexibility index (Phi) is 3.02. The lowest BCUT2D eigenvalue weighted by Gasteiger charge is -2.27. The summed E-state index contributed by atoms with van der Waals surface area (Å²) in [5, 5.41) is 3.55. The van der Waals surface area contributed by atoms with E-state index in [-0.39, 0.29) is 5.56 Å². The van der Waals surface area contributed by atoms with Crippen molar-refractivity contribution in [1.29, 1.82) is 0 Å². The Morgan fingerprint density at radius 1 is 1.25 bits per heavy atom.